The fourth-order valence-corrected chi connectivity index (χ4v) is 8.86. The van der Waals surface area contributed by atoms with Crippen molar-refractivity contribution in [2.24, 2.45) is 23.7 Å². The van der Waals surface area contributed by atoms with Crippen molar-refractivity contribution in [1.29, 1.82) is 0 Å². The molecule has 5 atom stereocenters. The molecule has 6 rings (SSSR count). The second-order valence-corrected chi connectivity index (χ2v) is 16.8. The lowest BCUT2D eigenvalue weighted by Gasteiger charge is -2.47. The molecular formula is C37H50ClN3O6S. The van der Waals surface area contributed by atoms with Crippen LogP contribution in [0.4, 0.5) is 5.69 Å². The first kappa shape index (κ1) is 35.2. The minimum Gasteiger partial charge on any atom is -0.487 e. The highest BCUT2D eigenvalue weighted by molar-refractivity contribution is 7.90. The molecule has 2 aromatic carbocycles. The molecule has 0 radical (unpaired) electrons. The van der Waals surface area contributed by atoms with Crippen molar-refractivity contribution in [3.8, 4) is 5.75 Å². The SMILES string of the molecule is C[C@@H]1[C@@H](C)C/C=C/[C@@H]([C@H]2OC[C@H](N(C)C)CO2)[C@@H]2CC[C@H]2CN2CCCCc3cc(Cl)ccc3COc3ccc(cc32)C(=O)NS1(=O)=O. The average molecular weight is 700 g/mol. The van der Waals surface area contributed by atoms with Crippen LogP contribution < -0.4 is 14.4 Å². The average Bonchev–Trinajstić information content (AvgIpc) is 3.08. The Hall–Kier alpha value is -2.63. The maximum Gasteiger partial charge on any atom is 0.264 e. The lowest BCUT2D eigenvalue weighted by atomic mass is 9.66. The zero-order valence-electron chi connectivity index (χ0n) is 28.6. The maximum absolute atomic E-state index is 13.5. The van der Waals surface area contributed by atoms with Crippen molar-refractivity contribution in [3.63, 3.8) is 0 Å². The number of carbonyl (C=O) groups is 1. The van der Waals surface area contributed by atoms with E-state index in [2.05, 4.69) is 26.7 Å². The molecule has 11 heteroatoms. The molecule has 0 aromatic heterocycles. The van der Waals surface area contributed by atoms with Crippen LogP contribution in [-0.2, 0) is 32.5 Å². The van der Waals surface area contributed by atoms with E-state index in [0.717, 1.165) is 56.4 Å². The lowest BCUT2D eigenvalue weighted by molar-refractivity contribution is -0.230. The van der Waals surface area contributed by atoms with Crippen LogP contribution in [0.3, 0.4) is 0 Å². The molecule has 1 aliphatic carbocycles. The molecule has 1 N–H and O–H groups in total. The molecule has 0 unspecified atom stereocenters. The number of aryl methyl sites for hydroxylation is 1. The molecule has 48 heavy (non-hydrogen) atoms. The highest BCUT2D eigenvalue weighted by Crippen LogP contribution is 2.45. The van der Waals surface area contributed by atoms with Gasteiger partial charge in [-0.05, 0) is 119 Å². The number of hydrogen-bond donors (Lipinski definition) is 1. The Bertz CT molecular complexity index is 1590. The van der Waals surface area contributed by atoms with Gasteiger partial charge in [-0.1, -0.05) is 36.7 Å². The van der Waals surface area contributed by atoms with Crippen molar-refractivity contribution in [2.45, 2.75) is 76.6 Å². The fraction of sp³-hybridized carbons (Fsp3) is 0.595. The van der Waals surface area contributed by atoms with E-state index in [4.69, 9.17) is 25.8 Å². The van der Waals surface area contributed by atoms with Gasteiger partial charge in [0.2, 0.25) is 10.0 Å². The van der Waals surface area contributed by atoms with Gasteiger partial charge in [0.1, 0.15) is 12.4 Å². The predicted molar refractivity (Wildman–Crippen MR) is 189 cm³/mol. The molecule has 2 fully saturated rings. The van der Waals surface area contributed by atoms with Crippen LogP contribution >= 0.6 is 11.6 Å². The van der Waals surface area contributed by atoms with Crippen LogP contribution in [0, 0.1) is 23.7 Å². The van der Waals surface area contributed by atoms with E-state index in [1.54, 1.807) is 25.1 Å². The Morgan fingerprint density at radius 3 is 2.52 bits per heavy atom. The monoisotopic (exact) mass is 699 g/mol. The van der Waals surface area contributed by atoms with Crippen molar-refractivity contribution >= 4 is 33.2 Å². The molecule has 262 valence electrons. The summed E-state index contributed by atoms with van der Waals surface area (Å²) in [5, 5.41) is -0.0580. The molecule has 1 amide bonds. The first-order chi connectivity index (χ1) is 23.0. The van der Waals surface area contributed by atoms with Gasteiger partial charge in [0.05, 0.1) is 30.2 Å². The summed E-state index contributed by atoms with van der Waals surface area (Å²) in [5.74, 6) is 0.599. The number of ether oxygens (including phenoxy) is 3. The molecule has 3 aliphatic heterocycles. The molecule has 0 spiro atoms. The van der Waals surface area contributed by atoms with E-state index in [1.807, 2.05) is 39.2 Å². The third-order valence-corrected chi connectivity index (χ3v) is 13.2. The number of benzene rings is 2. The molecule has 2 bridgehead atoms. The van der Waals surface area contributed by atoms with Crippen molar-refractivity contribution in [2.75, 3.05) is 45.3 Å². The quantitative estimate of drug-likeness (QED) is 0.379. The van der Waals surface area contributed by atoms with Crippen molar-refractivity contribution < 1.29 is 27.4 Å². The van der Waals surface area contributed by atoms with Crippen LogP contribution in [0.2, 0.25) is 5.02 Å². The standard InChI is InChI=1S/C37H50ClN3O6S/c1-24-8-7-10-33(37-46-22-31(23-47-37)40(3)4)32-15-12-28(32)20-41-17-6-5-9-26-18-30(38)14-11-29(26)21-45-35-16-13-27(19-34(35)41)36(42)39-48(43,44)25(24)2/h7,10-11,13-14,16,18-19,24-25,28,31-33,37H,5-6,8-9,12,15,17,20-23H2,1-4H3,(H,39,42)/b10-7+/t24-,25+,28-,31-,32+,33+,37-/m0/s1. The summed E-state index contributed by atoms with van der Waals surface area (Å²) in [4.78, 5) is 18.0. The van der Waals surface area contributed by atoms with Gasteiger partial charge in [-0.15, -0.1) is 0 Å². The predicted octanol–water partition coefficient (Wildman–Crippen LogP) is 6.05. The summed E-state index contributed by atoms with van der Waals surface area (Å²) in [6.45, 7) is 6.73. The summed E-state index contributed by atoms with van der Waals surface area (Å²) in [7, 11) is 0.150. The van der Waals surface area contributed by atoms with Gasteiger partial charge in [0, 0.05) is 29.6 Å². The van der Waals surface area contributed by atoms with Crippen LogP contribution in [0.1, 0.15) is 67.4 Å². The number of nitrogens with zero attached hydrogens (tertiary/aromatic N) is 2. The number of hydrogen-bond acceptors (Lipinski definition) is 8. The molecule has 9 nitrogen and oxygen atoms in total. The number of rotatable bonds is 2. The number of fused-ring (bicyclic) bond motifs is 3. The highest BCUT2D eigenvalue weighted by Gasteiger charge is 2.43. The second-order valence-electron chi connectivity index (χ2n) is 14.3. The van der Waals surface area contributed by atoms with Gasteiger partial charge in [0.25, 0.3) is 5.91 Å². The summed E-state index contributed by atoms with van der Waals surface area (Å²) < 4.78 is 48.5. The number of halogens is 1. The minimum atomic E-state index is -3.94. The molecule has 4 aliphatic rings. The third kappa shape index (κ3) is 7.88. The van der Waals surface area contributed by atoms with Crippen molar-refractivity contribution in [1.82, 2.24) is 9.62 Å². The summed E-state index contributed by atoms with van der Waals surface area (Å²) in [6, 6.07) is 11.4. The van der Waals surface area contributed by atoms with Crippen molar-refractivity contribution in [3.05, 3.63) is 70.3 Å². The van der Waals surface area contributed by atoms with E-state index in [1.165, 1.54) is 5.56 Å². The Morgan fingerprint density at radius 1 is 1.00 bits per heavy atom. The van der Waals surface area contributed by atoms with E-state index < -0.39 is 21.2 Å². The van der Waals surface area contributed by atoms with Gasteiger partial charge in [-0.25, -0.2) is 13.1 Å². The first-order valence-electron chi connectivity index (χ1n) is 17.4. The number of amides is 1. The van der Waals surface area contributed by atoms with Crippen LogP contribution in [0.25, 0.3) is 0 Å². The Morgan fingerprint density at radius 2 is 1.79 bits per heavy atom. The number of sulfonamides is 1. The Labute approximate surface area is 291 Å². The number of allylic oxidation sites excluding steroid dienone is 1. The topological polar surface area (TPSA) is 97.4 Å². The molecule has 2 aromatic rings. The van der Waals surface area contributed by atoms with Gasteiger partial charge >= 0.3 is 0 Å². The minimum absolute atomic E-state index is 0.0452. The summed E-state index contributed by atoms with van der Waals surface area (Å²) in [5.41, 5.74) is 3.37. The second kappa shape index (κ2) is 15.1. The number of likely N-dealkylation sites (N-methyl/N-ethyl adjacent to an activating group) is 1. The van der Waals surface area contributed by atoms with Crippen LogP contribution in [0.15, 0.2) is 48.6 Å². The number of anilines is 1. The Kier molecular flexibility index (Phi) is 11.1. The summed E-state index contributed by atoms with van der Waals surface area (Å²) >= 11 is 6.37. The molecule has 1 saturated carbocycles. The Balaban J connectivity index is 1.36. The van der Waals surface area contributed by atoms with Gasteiger partial charge in [-0.3, -0.25) is 4.79 Å². The smallest absolute Gasteiger partial charge is 0.264 e. The molecular weight excluding hydrogens is 650 g/mol. The third-order valence-electron chi connectivity index (χ3n) is 11.0. The van der Waals surface area contributed by atoms with Gasteiger partial charge < -0.3 is 24.0 Å². The van der Waals surface area contributed by atoms with Gasteiger partial charge in [0.15, 0.2) is 6.29 Å². The van der Waals surface area contributed by atoms with E-state index in [-0.39, 0.29) is 24.2 Å². The zero-order valence-corrected chi connectivity index (χ0v) is 30.1. The van der Waals surface area contributed by atoms with E-state index in [0.29, 0.717) is 54.4 Å². The first-order valence-corrected chi connectivity index (χ1v) is 19.3. The normalized spacial score (nSPS) is 32.0. The number of nitrogens with one attached hydrogen (secondary N) is 1. The maximum atomic E-state index is 13.5. The lowest BCUT2D eigenvalue weighted by Crippen LogP contribution is -2.50. The number of carbonyl (C=O) groups excluding carboxylic acids is 1. The molecule has 1 saturated heterocycles. The van der Waals surface area contributed by atoms with E-state index >= 15 is 0 Å². The van der Waals surface area contributed by atoms with E-state index in [9.17, 15) is 13.2 Å². The van der Waals surface area contributed by atoms with Crippen LogP contribution in [-0.4, -0.2) is 77.2 Å². The largest absolute Gasteiger partial charge is 0.487 e. The highest BCUT2D eigenvalue weighted by atomic mass is 35.5. The zero-order chi connectivity index (χ0) is 34.0. The fourth-order valence-electron chi connectivity index (χ4n) is 7.38. The van der Waals surface area contributed by atoms with Crippen LogP contribution in [0.5, 0.6) is 5.75 Å². The van der Waals surface area contributed by atoms with Gasteiger partial charge in [-0.2, -0.15) is 0 Å². The summed E-state index contributed by atoms with van der Waals surface area (Å²) in [6.07, 6.45) is 9.48. The molecule has 3 heterocycles.